The maximum absolute atomic E-state index is 12.8. The van der Waals surface area contributed by atoms with Gasteiger partial charge in [-0.05, 0) is 37.6 Å². The van der Waals surface area contributed by atoms with Crippen LogP contribution in [0, 0.1) is 0 Å². The van der Waals surface area contributed by atoms with Crippen LogP contribution in [0.1, 0.15) is 19.3 Å². The number of hydrogen-bond donors (Lipinski definition) is 1. The third-order valence-electron chi connectivity index (χ3n) is 3.54. The molecular weight excluding hydrogens is 288 g/mol. The van der Waals surface area contributed by atoms with Gasteiger partial charge in [-0.15, -0.1) is 0 Å². The summed E-state index contributed by atoms with van der Waals surface area (Å²) < 4.78 is 32.7. The van der Waals surface area contributed by atoms with Crippen LogP contribution in [0.5, 0.6) is 0 Å². The summed E-state index contributed by atoms with van der Waals surface area (Å²) >= 11 is 0. The molecule has 1 atom stereocenters. The third kappa shape index (κ3) is 2.45. The van der Waals surface area contributed by atoms with Crippen molar-refractivity contribution in [2.75, 3.05) is 10.8 Å². The third-order valence-corrected chi connectivity index (χ3v) is 5.46. The Kier molecular flexibility index (Phi) is 3.73. The Balaban J connectivity index is 2.11. The summed E-state index contributed by atoms with van der Waals surface area (Å²) in [6.45, 7) is 0.263. The second-order valence-electron chi connectivity index (χ2n) is 5.00. The Morgan fingerprint density at radius 3 is 2.62 bits per heavy atom. The summed E-state index contributed by atoms with van der Waals surface area (Å²) in [5, 5.41) is 0. The van der Waals surface area contributed by atoms with Gasteiger partial charge in [0.2, 0.25) is 5.44 Å². The topological polar surface area (TPSA) is 72.6 Å². The van der Waals surface area contributed by atoms with Crippen LogP contribution >= 0.6 is 0 Å². The molecule has 0 spiro atoms. The van der Waals surface area contributed by atoms with Gasteiger partial charge in [0.25, 0.3) is 10.0 Å². The van der Waals surface area contributed by atoms with E-state index in [9.17, 15) is 8.42 Å². The molecule has 1 aliphatic heterocycles. The first-order valence-electron chi connectivity index (χ1n) is 7.01. The van der Waals surface area contributed by atoms with Crippen molar-refractivity contribution in [1.29, 1.82) is 0 Å². The van der Waals surface area contributed by atoms with E-state index in [0.717, 1.165) is 12.8 Å². The normalized spacial score (nSPS) is 23.7. The first kappa shape index (κ1) is 14.2. The van der Waals surface area contributed by atoms with Crippen molar-refractivity contribution in [2.45, 2.75) is 24.7 Å². The van der Waals surface area contributed by atoms with Gasteiger partial charge in [-0.2, -0.15) is 0 Å². The van der Waals surface area contributed by atoms with Crippen LogP contribution in [0.2, 0.25) is 0 Å². The molecule has 1 saturated heterocycles. The fourth-order valence-corrected chi connectivity index (χ4v) is 4.33. The predicted molar refractivity (Wildman–Crippen MR) is 81.8 cm³/mol. The van der Waals surface area contributed by atoms with Crippen molar-refractivity contribution in [3.05, 3.63) is 53.9 Å². The number of anilines is 1. The van der Waals surface area contributed by atoms with Crippen LogP contribution in [0.15, 0.2) is 53.9 Å². The van der Waals surface area contributed by atoms with Crippen LogP contribution in [0.4, 0.5) is 5.69 Å². The smallest absolute Gasteiger partial charge is 0.277 e. The van der Waals surface area contributed by atoms with Crippen molar-refractivity contribution < 1.29 is 13.2 Å². The fraction of sp³-hybridized carbons (Fsp3) is 0.333. The van der Waals surface area contributed by atoms with E-state index in [1.807, 2.05) is 30.4 Å². The van der Waals surface area contributed by atoms with E-state index in [2.05, 4.69) is 0 Å². The molecule has 21 heavy (non-hydrogen) atoms. The second kappa shape index (κ2) is 5.54. The Hall–Kier alpha value is -1.79. The predicted octanol–water partition coefficient (Wildman–Crippen LogP) is 2.09. The molecule has 1 fully saturated rings. The highest BCUT2D eigenvalue weighted by Gasteiger charge is 2.42. The number of sulfonamides is 1. The van der Waals surface area contributed by atoms with Gasteiger partial charge in [-0.25, -0.2) is 12.7 Å². The summed E-state index contributed by atoms with van der Waals surface area (Å²) in [4.78, 5) is 0. The molecule has 0 amide bonds. The molecule has 0 aromatic heterocycles. The van der Waals surface area contributed by atoms with Crippen molar-refractivity contribution in [3.8, 4) is 0 Å². The number of para-hydroxylation sites is 1. The van der Waals surface area contributed by atoms with Gasteiger partial charge in [-0.3, -0.25) is 0 Å². The molecule has 1 aliphatic carbocycles. The van der Waals surface area contributed by atoms with E-state index in [1.165, 1.54) is 4.31 Å². The molecule has 0 bridgehead atoms. The zero-order valence-corrected chi connectivity index (χ0v) is 12.4. The quantitative estimate of drug-likeness (QED) is 0.928. The minimum Gasteiger partial charge on any atom is -0.471 e. The van der Waals surface area contributed by atoms with E-state index in [0.29, 0.717) is 17.1 Å². The van der Waals surface area contributed by atoms with Crippen molar-refractivity contribution >= 4 is 15.7 Å². The number of nitrogens with zero attached hydrogens (tertiary/aromatic N) is 1. The van der Waals surface area contributed by atoms with Crippen LogP contribution in [0.25, 0.3) is 0 Å². The van der Waals surface area contributed by atoms with E-state index in [-0.39, 0.29) is 13.0 Å². The van der Waals surface area contributed by atoms with Crippen molar-refractivity contribution in [2.24, 2.45) is 5.73 Å². The summed E-state index contributed by atoms with van der Waals surface area (Å²) in [5.41, 5.74) is 5.85. The first-order chi connectivity index (χ1) is 10.1. The van der Waals surface area contributed by atoms with Gasteiger partial charge in [-0.1, -0.05) is 24.3 Å². The average molecular weight is 306 g/mol. The zero-order valence-electron chi connectivity index (χ0n) is 11.6. The molecule has 0 radical (unpaired) electrons. The number of rotatable bonds is 3. The minimum atomic E-state index is -3.63. The zero-order chi connectivity index (χ0) is 14.9. The summed E-state index contributed by atoms with van der Waals surface area (Å²) in [6.07, 6.45) is 5.80. The molecular formula is C15H18N2O3S. The lowest BCUT2D eigenvalue weighted by Gasteiger charge is -2.38. The van der Waals surface area contributed by atoms with Crippen LogP contribution in [0.3, 0.4) is 0 Å². The Morgan fingerprint density at radius 1 is 1.19 bits per heavy atom. The minimum absolute atomic E-state index is 0.263. The largest absolute Gasteiger partial charge is 0.471 e. The monoisotopic (exact) mass is 306 g/mol. The molecule has 1 aromatic carbocycles. The Labute approximate surface area is 124 Å². The Morgan fingerprint density at radius 2 is 1.90 bits per heavy atom. The summed E-state index contributed by atoms with van der Waals surface area (Å²) in [5.74, 6) is 0.637. The second-order valence-corrected chi connectivity index (χ2v) is 6.93. The van der Waals surface area contributed by atoms with Crippen LogP contribution < -0.4 is 10.0 Å². The summed E-state index contributed by atoms with van der Waals surface area (Å²) in [7, 11) is -3.63. The van der Waals surface area contributed by atoms with E-state index >= 15 is 0 Å². The van der Waals surface area contributed by atoms with E-state index in [1.54, 1.807) is 12.1 Å². The van der Waals surface area contributed by atoms with Gasteiger partial charge in [0.15, 0.2) is 0 Å². The molecule has 5 nitrogen and oxygen atoms in total. The molecule has 1 unspecified atom stereocenters. The average Bonchev–Trinajstić information content (AvgIpc) is 2.49. The molecule has 112 valence electrons. The number of benzene rings is 1. The Bertz CT molecular complexity index is 680. The molecule has 6 heteroatoms. The van der Waals surface area contributed by atoms with Gasteiger partial charge < -0.3 is 10.5 Å². The molecule has 0 saturated carbocycles. The molecule has 1 aromatic rings. The van der Waals surface area contributed by atoms with Gasteiger partial charge in [0.1, 0.15) is 5.76 Å². The lowest BCUT2D eigenvalue weighted by Crippen LogP contribution is -2.46. The number of nitrogens with two attached hydrogens (primary N) is 1. The van der Waals surface area contributed by atoms with Crippen molar-refractivity contribution in [3.63, 3.8) is 0 Å². The molecule has 3 rings (SSSR count). The number of ether oxygens (including phenoxy) is 1. The highest BCUT2D eigenvalue weighted by Crippen LogP contribution is 2.38. The molecule has 1 heterocycles. The lowest BCUT2D eigenvalue weighted by molar-refractivity contribution is 0.168. The fourth-order valence-electron chi connectivity index (χ4n) is 2.58. The highest BCUT2D eigenvalue weighted by atomic mass is 32.2. The number of hydrogen-bond acceptors (Lipinski definition) is 4. The van der Waals surface area contributed by atoms with Gasteiger partial charge >= 0.3 is 0 Å². The van der Waals surface area contributed by atoms with Crippen molar-refractivity contribution in [1.82, 2.24) is 0 Å². The van der Waals surface area contributed by atoms with Gasteiger partial charge in [0.05, 0.1) is 11.4 Å². The standard InChI is InChI=1S/C15H18N2O3S/c16-11-10-15-20-14-9-5-4-8-13(14)17(21(15,18)19)12-6-2-1-3-7-12/h1-3,6-9,15H,4-5,10-11,16H2. The SMILES string of the molecule is NCCC1OC2=CCCC=C2N(c2ccccc2)S1(=O)=O. The number of allylic oxidation sites excluding steroid dienone is 2. The maximum Gasteiger partial charge on any atom is 0.277 e. The van der Waals surface area contributed by atoms with E-state index in [4.69, 9.17) is 10.5 Å². The van der Waals surface area contributed by atoms with Crippen LogP contribution in [-0.2, 0) is 14.8 Å². The van der Waals surface area contributed by atoms with Crippen LogP contribution in [-0.4, -0.2) is 20.4 Å². The number of fused-ring (bicyclic) bond motifs is 1. The van der Waals surface area contributed by atoms with Gasteiger partial charge in [0, 0.05) is 6.42 Å². The summed E-state index contributed by atoms with van der Waals surface area (Å²) in [6, 6.07) is 9.08. The molecule has 2 aliphatic rings. The lowest BCUT2D eigenvalue weighted by atomic mass is 10.1. The van der Waals surface area contributed by atoms with E-state index < -0.39 is 15.5 Å². The maximum atomic E-state index is 12.8. The molecule has 2 N–H and O–H groups in total. The highest BCUT2D eigenvalue weighted by molar-refractivity contribution is 7.93. The first-order valence-corrected chi connectivity index (χ1v) is 8.51.